The molecule has 0 amide bonds. The molecule has 0 saturated heterocycles. The Bertz CT molecular complexity index is 304. The number of hydrogen-bond donors (Lipinski definition) is 0. The Kier molecular flexibility index (Phi) is 1.16. The summed E-state index contributed by atoms with van der Waals surface area (Å²) in [6.45, 7) is 0. The second-order valence-electron chi connectivity index (χ2n) is 8.09. The van der Waals surface area contributed by atoms with Gasteiger partial charge in [-0.15, -0.1) is 0 Å². The molecule has 0 aromatic carbocycles. The van der Waals surface area contributed by atoms with Crippen LogP contribution < -0.4 is 0 Å². The van der Waals surface area contributed by atoms with Gasteiger partial charge in [-0.05, 0) is 97.7 Å². The minimum absolute atomic E-state index is 1.24. The summed E-state index contributed by atoms with van der Waals surface area (Å²) in [5, 5.41) is 0. The van der Waals surface area contributed by atoms with Gasteiger partial charge in [0, 0.05) is 0 Å². The highest BCUT2D eigenvalue weighted by Gasteiger charge is 2.71. The van der Waals surface area contributed by atoms with E-state index in [2.05, 4.69) is 0 Å². The monoisotopic (exact) mass is 214 g/mol. The average Bonchev–Trinajstić information content (AvgIpc) is 2.76. The standard InChI is InChI=1S/C16H22/c1-2-8-7(1)11-5-12(8)16-14-6-13(15(11)16)9-3-4-10(9)14/h7-16H,1-6H2. The molecule has 0 aromatic rings. The molecule has 0 aromatic heterocycles. The van der Waals surface area contributed by atoms with Crippen molar-refractivity contribution in [3.8, 4) is 0 Å². The van der Waals surface area contributed by atoms with Gasteiger partial charge in [-0.1, -0.05) is 0 Å². The van der Waals surface area contributed by atoms with Gasteiger partial charge in [0.25, 0.3) is 0 Å². The van der Waals surface area contributed by atoms with Crippen LogP contribution >= 0.6 is 0 Å². The smallest absolute Gasteiger partial charge is 0.0318 e. The summed E-state index contributed by atoms with van der Waals surface area (Å²) in [6.07, 6.45) is 9.89. The van der Waals surface area contributed by atoms with Gasteiger partial charge in [0.15, 0.2) is 0 Å². The van der Waals surface area contributed by atoms with Crippen molar-refractivity contribution in [1.82, 2.24) is 0 Å². The summed E-state index contributed by atoms with van der Waals surface area (Å²) < 4.78 is 0. The molecule has 6 aliphatic carbocycles. The highest BCUT2D eigenvalue weighted by molar-refractivity contribution is 5.20. The minimum Gasteiger partial charge on any atom is -0.0496 e. The minimum atomic E-state index is 1.24. The third-order valence-electron chi connectivity index (χ3n) is 8.48. The molecule has 0 nitrogen and oxygen atoms in total. The van der Waals surface area contributed by atoms with Crippen LogP contribution in [0, 0.1) is 59.2 Å². The predicted molar refractivity (Wildman–Crippen MR) is 62.6 cm³/mol. The van der Waals surface area contributed by atoms with E-state index in [-0.39, 0.29) is 0 Å². The van der Waals surface area contributed by atoms with E-state index < -0.39 is 0 Å². The lowest BCUT2D eigenvalue weighted by Gasteiger charge is -2.54. The van der Waals surface area contributed by atoms with Crippen LogP contribution in [0.4, 0.5) is 0 Å². The van der Waals surface area contributed by atoms with Crippen LogP contribution in [0.1, 0.15) is 38.5 Å². The molecular weight excluding hydrogens is 192 g/mol. The fourth-order valence-corrected chi connectivity index (χ4v) is 8.10. The molecule has 6 fully saturated rings. The van der Waals surface area contributed by atoms with E-state index in [4.69, 9.17) is 0 Å². The van der Waals surface area contributed by atoms with Crippen molar-refractivity contribution in [3.05, 3.63) is 0 Å². The maximum atomic E-state index is 1.69. The Hall–Kier alpha value is 0. The molecule has 0 heteroatoms. The van der Waals surface area contributed by atoms with E-state index in [1.165, 1.54) is 59.2 Å². The Morgan fingerprint density at radius 1 is 0.375 bits per heavy atom. The zero-order chi connectivity index (χ0) is 10.0. The molecule has 0 aliphatic heterocycles. The highest BCUT2D eigenvalue weighted by atomic mass is 14.8. The molecule has 86 valence electrons. The van der Waals surface area contributed by atoms with Crippen molar-refractivity contribution in [2.75, 3.05) is 0 Å². The lowest BCUT2D eigenvalue weighted by Crippen LogP contribution is -2.49. The zero-order valence-electron chi connectivity index (χ0n) is 10.0. The molecule has 16 heavy (non-hydrogen) atoms. The van der Waals surface area contributed by atoms with E-state index in [1.807, 2.05) is 0 Å². The normalized spacial score (nSPS) is 76.5. The van der Waals surface area contributed by atoms with Gasteiger partial charge < -0.3 is 0 Å². The summed E-state index contributed by atoms with van der Waals surface area (Å²) in [5.74, 6) is 12.4. The van der Waals surface area contributed by atoms with Crippen molar-refractivity contribution in [2.24, 2.45) is 59.2 Å². The second-order valence-corrected chi connectivity index (χ2v) is 8.09. The lowest BCUT2D eigenvalue weighted by molar-refractivity contribution is -0.0634. The summed E-state index contributed by atoms with van der Waals surface area (Å²) in [7, 11) is 0. The molecule has 6 saturated carbocycles. The van der Waals surface area contributed by atoms with Crippen molar-refractivity contribution in [1.29, 1.82) is 0 Å². The Morgan fingerprint density at radius 3 is 0.938 bits per heavy atom. The molecule has 6 aliphatic rings. The number of hydrogen-bond acceptors (Lipinski definition) is 0. The van der Waals surface area contributed by atoms with Crippen LogP contribution in [-0.2, 0) is 0 Å². The largest absolute Gasteiger partial charge is 0.0496 e. The molecule has 0 radical (unpaired) electrons. The maximum Gasteiger partial charge on any atom is -0.0318 e. The molecule has 0 spiro atoms. The maximum absolute atomic E-state index is 1.69. The first kappa shape index (κ1) is 8.16. The van der Waals surface area contributed by atoms with Crippen molar-refractivity contribution < 1.29 is 0 Å². The van der Waals surface area contributed by atoms with Crippen molar-refractivity contribution in [2.45, 2.75) is 38.5 Å². The van der Waals surface area contributed by atoms with E-state index >= 15 is 0 Å². The molecule has 0 heterocycles. The lowest BCUT2D eigenvalue weighted by atomic mass is 9.50. The first-order valence-corrected chi connectivity index (χ1v) is 7.93. The zero-order valence-corrected chi connectivity index (χ0v) is 10.0. The second kappa shape index (κ2) is 2.27. The molecular formula is C16H22. The summed E-state index contributed by atoms with van der Waals surface area (Å²) >= 11 is 0. The van der Waals surface area contributed by atoms with E-state index in [0.717, 1.165) is 0 Å². The fourth-order valence-electron chi connectivity index (χ4n) is 8.10. The average molecular weight is 214 g/mol. The number of fused-ring (bicyclic) bond motifs is 15. The van der Waals surface area contributed by atoms with Gasteiger partial charge in [-0.2, -0.15) is 0 Å². The van der Waals surface area contributed by atoms with Gasteiger partial charge in [0.2, 0.25) is 0 Å². The van der Waals surface area contributed by atoms with Crippen LogP contribution in [0.15, 0.2) is 0 Å². The summed E-state index contributed by atoms with van der Waals surface area (Å²) in [4.78, 5) is 0. The van der Waals surface area contributed by atoms with E-state index in [9.17, 15) is 0 Å². The molecule has 0 N–H and O–H groups in total. The first-order chi connectivity index (χ1) is 7.93. The van der Waals surface area contributed by atoms with Gasteiger partial charge in [0.1, 0.15) is 0 Å². The number of rotatable bonds is 0. The van der Waals surface area contributed by atoms with Crippen LogP contribution in [0.25, 0.3) is 0 Å². The highest BCUT2D eigenvalue weighted by Crippen LogP contribution is 2.78. The molecule has 8 unspecified atom stereocenters. The Balaban J connectivity index is 1.47. The Labute approximate surface area is 98.2 Å². The Morgan fingerprint density at radius 2 is 0.688 bits per heavy atom. The van der Waals surface area contributed by atoms with Crippen LogP contribution in [0.5, 0.6) is 0 Å². The van der Waals surface area contributed by atoms with Gasteiger partial charge in [-0.25, -0.2) is 0 Å². The van der Waals surface area contributed by atoms with Gasteiger partial charge >= 0.3 is 0 Å². The fraction of sp³-hybridized carbons (Fsp3) is 1.00. The van der Waals surface area contributed by atoms with Crippen molar-refractivity contribution in [3.63, 3.8) is 0 Å². The summed E-state index contributed by atoms with van der Waals surface area (Å²) in [5.41, 5.74) is 0. The molecule has 4 bridgehead atoms. The predicted octanol–water partition coefficient (Wildman–Crippen LogP) is 3.57. The third kappa shape index (κ3) is 0.616. The van der Waals surface area contributed by atoms with E-state index in [0.29, 0.717) is 0 Å². The van der Waals surface area contributed by atoms with Crippen LogP contribution in [0.2, 0.25) is 0 Å². The van der Waals surface area contributed by atoms with Crippen molar-refractivity contribution >= 4 is 0 Å². The first-order valence-electron chi connectivity index (χ1n) is 7.93. The molecule has 6 rings (SSSR count). The van der Waals surface area contributed by atoms with Crippen LogP contribution in [-0.4, -0.2) is 0 Å². The van der Waals surface area contributed by atoms with Gasteiger partial charge in [0.05, 0.1) is 0 Å². The van der Waals surface area contributed by atoms with E-state index in [1.54, 1.807) is 38.5 Å². The van der Waals surface area contributed by atoms with Gasteiger partial charge in [-0.3, -0.25) is 0 Å². The topological polar surface area (TPSA) is 0 Å². The third-order valence-corrected chi connectivity index (χ3v) is 8.48. The SMILES string of the molecule is C1CC2C1C1CC2C2C3CC(C4CCC43)C12. The molecule has 8 atom stereocenters. The quantitative estimate of drug-likeness (QED) is 0.541. The van der Waals surface area contributed by atoms with Crippen LogP contribution in [0.3, 0.4) is 0 Å². The summed E-state index contributed by atoms with van der Waals surface area (Å²) in [6, 6.07) is 0.